The summed E-state index contributed by atoms with van der Waals surface area (Å²) in [5, 5.41) is 0. The molecule has 0 spiro atoms. The summed E-state index contributed by atoms with van der Waals surface area (Å²) in [5.41, 5.74) is 8.29. The standard InChI is InChI=1S/C17H21FN2/c1-11-6-15(10-16(18)7-11)17(20-19)9-14-5-4-12(2)13(3)8-14/h4-8,10,17,20H,9,19H2,1-3H3. The highest BCUT2D eigenvalue weighted by atomic mass is 19.1. The van der Waals surface area contributed by atoms with Gasteiger partial charge >= 0.3 is 0 Å². The molecule has 3 heteroatoms. The quantitative estimate of drug-likeness (QED) is 0.660. The topological polar surface area (TPSA) is 38.0 Å². The molecule has 0 saturated carbocycles. The monoisotopic (exact) mass is 272 g/mol. The fraction of sp³-hybridized carbons (Fsp3) is 0.294. The molecule has 0 aromatic heterocycles. The van der Waals surface area contributed by atoms with Crippen molar-refractivity contribution in [3.05, 3.63) is 70.0 Å². The molecule has 0 aliphatic rings. The second kappa shape index (κ2) is 6.16. The van der Waals surface area contributed by atoms with Crippen LogP contribution in [0, 0.1) is 26.6 Å². The molecule has 0 heterocycles. The number of benzene rings is 2. The van der Waals surface area contributed by atoms with Gasteiger partial charge < -0.3 is 0 Å². The first kappa shape index (κ1) is 14.7. The zero-order chi connectivity index (χ0) is 14.7. The molecule has 0 aliphatic heterocycles. The van der Waals surface area contributed by atoms with Crippen LogP contribution in [0.15, 0.2) is 36.4 Å². The van der Waals surface area contributed by atoms with Crippen LogP contribution in [0.2, 0.25) is 0 Å². The lowest BCUT2D eigenvalue weighted by Gasteiger charge is -2.18. The van der Waals surface area contributed by atoms with Crippen LogP contribution in [0.4, 0.5) is 4.39 Å². The lowest BCUT2D eigenvalue weighted by molar-refractivity contribution is 0.543. The molecule has 3 N–H and O–H groups in total. The fourth-order valence-electron chi connectivity index (χ4n) is 2.40. The highest BCUT2D eigenvalue weighted by molar-refractivity contribution is 5.32. The van der Waals surface area contributed by atoms with E-state index in [1.807, 2.05) is 13.0 Å². The summed E-state index contributed by atoms with van der Waals surface area (Å²) in [4.78, 5) is 0. The molecule has 1 unspecified atom stereocenters. The molecular weight excluding hydrogens is 251 g/mol. The van der Waals surface area contributed by atoms with Gasteiger partial charge in [-0.3, -0.25) is 11.3 Å². The molecule has 0 aliphatic carbocycles. The van der Waals surface area contributed by atoms with Crippen molar-refractivity contribution in [2.75, 3.05) is 0 Å². The predicted octanol–water partition coefficient (Wildman–Crippen LogP) is 3.50. The smallest absolute Gasteiger partial charge is 0.123 e. The van der Waals surface area contributed by atoms with Crippen LogP contribution in [0.3, 0.4) is 0 Å². The molecule has 2 aromatic rings. The number of halogens is 1. The Labute approximate surface area is 119 Å². The summed E-state index contributed by atoms with van der Waals surface area (Å²) < 4.78 is 13.5. The third kappa shape index (κ3) is 3.44. The zero-order valence-electron chi connectivity index (χ0n) is 12.2. The van der Waals surface area contributed by atoms with Gasteiger partial charge in [0.05, 0.1) is 6.04 Å². The third-order valence-corrected chi connectivity index (χ3v) is 3.68. The van der Waals surface area contributed by atoms with Crippen LogP contribution >= 0.6 is 0 Å². The minimum atomic E-state index is -0.222. The van der Waals surface area contributed by atoms with Crippen molar-refractivity contribution in [3.63, 3.8) is 0 Å². The first-order chi connectivity index (χ1) is 9.49. The van der Waals surface area contributed by atoms with Crippen molar-refractivity contribution in [1.82, 2.24) is 5.43 Å². The highest BCUT2D eigenvalue weighted by Gasteiger charge is 2.12. The average molecular weight is 272 g/mol. The van der Waals surface area contributed by atoms with Gasteiger partial charge in [-0.05, 0) is 67.1 Å². The van der Waals surface area contributed by atoms with E-state index in [9.17, 15) is 4.39 Å². The molecule has 2 aromatic carbocycles. The highest BCUT2D eigenvalue weighted by Crippen LogP contribution is 2.21. The van der Waals surface area contributed by atoms with E-state index in [0.717, 1.165) is 17.5 Å². The maximum Gasteiger partial charge on any atom is 0.123 e. The van der Waals surface area contributed by atoms with Crippen molar-refractivity contribution in [2.45, 2.75) is 33.2 Å². The van der Waals surface area contributed by atoms with Crippen molar-refractivity contribution in [1.29, 1.82) is 0 Å². The Morgan fingerprint density at radius 1 is 1.05 bits per heavy atom. The maximum absolute atomic E-state index is 13.5. The molecule has 0 fully saturated rings. The summed E-state index contributed by atoms with van der Waals surface area (Å²) in [7, 11) is 0. The van der Waals surface area contributed by atoms with E-state index in [4.69, 9.17) is 5.84 Å². The van der Waals surface area contributed by atoms with E-state index in [2.05, 4.69) is 37.5 Å². The number of hydrazine groups is 1. The summed E-state index contributed by atoms with van der Waals surface area (Å²) in [5.74, 6) is 5.43. The molecule has 20 heavy (non-hydrogen) atoms. The normalized spacial score (nSPS) is 12.4. The van der Waals surface area contributed by atoms with Crippen molar-refractivity contribution < 1.29 is 4.39 Å². The number of rotatable bonds is 4. The Balaban J connectivity index is 2.26. The van der Waals surface area contributed by atoms with Crippen LogP contribution in [0.1, 0.15) is 33.9 Å². The van der Waals surface area contributed by atoms with E-state index < -0.39 is 0 Å². The van der Waals surface area contributed by atoms with Crippen LogP contribution in [0.25, 0.3) is 0 Å². The summed E-state index contributed by atoms with van der Waals surface area (Å²) in [6.45, 7) is 6.07. The maximum atomic E-state index is 13.5. The summed E-state index contributed by atoms with van der Waals surface area (Å²) in [6, 6.07) is 11.3. The lowest BCUT2D eigenvalue weighted by atomic mass is 9.96. The molecule has 2 rings (SSSR count). The molecule has 2 nitrogen and oxygen atoms in total. The second-order valence-corrected chi connectivity index (χ2v) is 5.40. The Morgan fingerprint density at radius 3 is 2.40 bits per heavy atom. The number of nitrogens with one attached hydrogen (secondary N) is 1. The number of hydrogen-bond donors (Lipinski definition) is 2. The van der Waals surface area contributed by atoms with Gasteiger partial charge in [0.2, 0.25) is 0 Å². The van der Waals surface area contributed by atoms with Crippen LogP contribution in [-0.4, -0.2) is 0 Å². The number of nitrogens with two attached hydrogens (primary N) is 1. The van der Waals surface area contributed by atoms with Gasteiger partial charge in [-0.1, -0.05) is 24.3 Å². The second-order valence-electron chi connectivity index (χ2n) is 5.40. The summed E-state index contributed by atoms with van der Waals surface area (Å²) in [6.07, 6.45) is 0.737. The molecule has 0 radical (unpaired) electrons. The first-order valence-corrected chi connectivity index (χ1v) is 6.79. The first-order valence-electron chi connectivity index (χ1n) is 6.79. The van der Waals surface area contributed by atoms with Gasteiger partial charge in [0.15, 0.2) is 0 Å². The van der Waals surface area contributed by atoms with Gasteiger partial charge in [-0.15, -0.1) is 0 Å². The van der Waals surface area contributed by atoms with Crippen molar-refractivity contribution >= 4 is 0 Å². The van der Waals surface area contributed by atoms with Crippen molar-refractivity contribution in [2.24, 2.45) is 5.84 Å². The van der Waals surface area contributed by atoms with Gasteiger partial charge in [0.1, 0.15) is 5.82 Å². The molecular formula is C17H21FN2. The van der Waals surface area contributed by atoms with E-state index in [-0.39, 0.29) is 11.9 Å². The van der Waals surface area contributed by atoms with E-state index >= 15 is 0 Å². The van der Waals surface area contributed by atoms with Crippen LogP contribution < -0.4 is 11.3 Å². The molecule has 0 bridgehead atoms. The van der Waals surface area contributed by atoms with E-state index in [0.29, 0.717) is 0 Å². The van der Waals surface area contributed by atoms with Crippen LogP contribution in [-0.2, 0) is 6.42 Å². The van der Waals surface area contributed by atoms with Crippen LogP contribution in [0.5, 0.6) is 0 Å². The van der Waals surface area contributed by atoms with Gasteiger partial charge in [0, 0.05) is 0 Å². The van der Waals surface area contributed by atoms with Gasteiger partial charge in [0.25, 0.3) is 0 Å². The zero-order valence-corrected chi connectivity index (χ0v) is 12.2. The lowest BCUT2D eigenvalue weighted by Crippen LogP contribution is -2.29. The Morgan fingerprint density at radius 2 is 1.80 bits per heavy atom. The van der Waals surface area contributed by atoms with Crippen molar-refractivity contribution in [3.8, 4) is 0 Å². The van der Waals surface area contributed by atoms with Gasteiger partial charge in [-0.25, -0.2) is 4.39 Å². The SMILES string of the molecule is Cc1cc(F)cc(C(Cc2ccc(C)c(C)c2)NN)c1. The molecule has 0 saturated heterocycles. The van der Waals surface area contributed by atoms with E-state index in [1.165, 1.54) is 22.8 Å². The largest absolute Gasteiger partial charge is 0.271 e. The third-order valence-electron chi connectivity index (χ3n) is 3.68. The number of aryl methyl sites for hydroxylation is 3. The Bertz CT molecular complexity index is 588. The van der Waals surface area contributed by atoms with Gasteiger partial charge in [-0.2, -0.15) is 0 Å². The summed E-state index contributed by atoms with van der Waals surface area (Å²) >= 11 is 0. The number of hydrogen-bond acceptors (Lipinski definition) is 2. The fourth-order valence-corrected chi connectivity index (χ4v) is 2.40. The molecule has 0 amide bonds. The minimum absolute atomic E-state index is 0.0912. The Kier molecular flexibility index (Phi) is 4.53. The Hall–Kier alpha value is -1.71. The minimum Gasteiger partial charge on any atom is -0.271 e. The predicted molar refractivity (Wildman–Crippen MR) is 80.8 cm³/mol. The average Bonchev–Trinajstić information content (AvgIpc) is 2.38. The molecule has 106 valence electrons. The van der Waals surface area contributed by atoms with E-state index in [1.54, 1.807) is 6.07 Å². The molecule has 1 atom stereocenters.